The largest absolute Gasteiger partial charge is 0.337 e. The minimum Gasteiger partial charge on any atom is -0.337 e. The number of urea groups is 1. The molecule has 2 aromatic rings. The van der Waals surface area contributed by atoms with Crippen LogP contribution in [0.15, 0.2) is 10.9 Å². The molecule has 0 aliphatic rings. The van der Waals surface area contributed by atoms with E-state index in [0.717, 1.165) is 18.7 Å². The second-order valence-electron chi connectivity index (χ2n) is 5.32. The van der Waals surface area contributed by atoms with Gasteiger partial charge in [0.05, 0.1) is 6.04 Å². The summed E-state index contributed by atoms with van der Waals surface area (Å²) in [4.78, 5) is 22.2. The Hall–Kier alpha value is -2.45. The summed E-state index contributed by atoms with van der Waals surface area (Å²) in [7, 11) is 1.68. The van der Waals surface area contributed by atoms with E-state index in [0.29, 0.717) is 18.3 Å². The van der Waals surface area contributed by atoms with Crippen molar-refractivity contribution in [1.29, 1.82) is 0 Å². The maximum Gasteiger partial charge on any atom is 0.318 e. The first kappa shape index (κ1) is 16.9. The van der Waals surface area contributed by atoms with Gasteiger partial charge in [0.25, 0.3) is 0 Å². The fourth-order valence-electron chi connectivity index (χ4n) is 2.17. The van der Waals surface area contributed by atoms with Gasteiger partial charge in [0, 0.05) is 20.0 Å². The number of carbonyl (C=O) groups excluding carboxylic acids is 1. The average Bonchev–Trinajstić information content (AvgIpc) is 3.16. The van der Waals surface area contributed by atoms with Crippen molar-refractivity contribution in [3.05, 3.63) is 23.9 Å². The van der Waals surface area contributed by atoms with Crippen LogP contribution in [0, 0.1) is 0 Å². The molecule has 2 heterocycles. The van der Waals surface area contributed by atoms with Crippen LogP contribution in [0.1, 0.15) is 50.8 Å². The zero-order valence-electron chi connectivity index (χ0n) is 14.0. The van der Waals surface area contributed by atoms with Gasteiger partial charge in [0.15, 0.2) is 5.82 Å². The highest BCUT2D eigenvalue weighted by Gasteiger charge is 2.19. The smallest absolute Gasteiger partial charge is 0.318 e. The van der Waals surface area contributed by atoms with Gasteiger partial charge in [0.2, 0.25) is 5.89 Å². The number of aryl methyl sites for hydroxylation is 2. The second kappa shape index (κ2) is 7.70. The van der Waals surface area contributed by atoms with E-state index in [1.165, 1.54) is 11.2 Å². The lowest BCUT2D eigenvalue weighted by atomic mass is 10.3. The van der Waals surface area contributed by atoms with Crippen molar-refractivity contribution in [2.75, 3.05) is 7.05 Å². The fraction of sp³-hybridized carbons (Fsp3) is 0.643. The zero-order chi connectivity index (χ0) is 16.8. The molecule has 0 spiro atoms. The summed E-state index contributed by atoms with van der Waals surface area (Å²) in [6.07, 6.45) is 3.20. The lowest BCUT2D eigenvalue weighted by molar-refractivity contribution is 0.195. The summed E-state index contributed by atoms with van der Waals surface area (Å²) in [6.45, 7) is 6.85. The Labute approximate surface area is 135 Å². The van der Waals surface area contributed by atoms with E-state index in [-0.39, 0.29) is 18.6 Å². The Kier molecular flexibility index (Phi) is 5.67. The molecule has 1 atom stereocenters. The van der Waals surface area contributed by atoms with Crippen LogP contribution in [0.5, 0.6) is 0 Å². The van der Waals surface area contributed by atoms with Gasteiger partial charge in [-0.1, -0.05) is 12.1 Å². The molecule has 0 unspecified atom stereocenters. The van der Waals surface area contributed by atoms with E-state index in [4.69, 9.17) is 4.52 Å². The molecular weight excluding hydrogens is 298 g/mol. The van der Waals surface area contributed by atoms with Gasteiger partial charge in [-0.15, -0.1) is 0 Å². The Morgan fingerprint density at radius 3 is 2.96 bits per heavy atom. The standard InChI is InChI=1S/C14H23N7O2/c1-5-7-11-18-12(23-19-11)8-20(4)14(22)17-10(3)13-15-9-16-21(13)6-2/h9-10H,5-8H2,1-4H3,(H,17,22)/t10-/m1/s1. The van der Waals surface area contributed by atoms with Crippen molar-refractivity contribution in [3.63, 3.8) is 0 Å². The summed E-state index contributed by atoms with van der Waals surface area (Å²) in [6, 6.07) is -0.482. The minimum atomic E-state index is -0.245. The molecule has 0 aliphatic heterocycles. The van der Waals surface area contributed by atoms with Gasteiger partial charge in [0.1, 0.15) is 18.7 Å². The van der Waals surface area contributed by atoms with Crippen LogP contribution in [0.4, 0.5) is 4.79 Å². The van der Waals surface area contributed by atoms with E-state index < -0.39 is 0 Å². The van der Waals surface area contributed by atoms with Crippen LogP contribution < -0.4 is 5.32 Å². The summed E-state index contributed by atoms with van der Waals surface area (Å²) in [5.41, 5.74) is 0. The third-order valence-corrected chi connectivity index (χ3v) is 3.38. The first-order valence-corrected chi connectivity index (χ1v) is 7.75. The summed E-state index contributed by atoms with van der Waals surface area (Å²) in [5, 5.41) is 10.9. The topological polar surface area (TPSA) is 102 Å². The molecule has 126 valence electrons. The third-order valence-electron chi connectivity index (χ3n) is 3.38. The van der Waals surface area contributed by atoms with E-state index in [1.807, 2.05) is 20.8 Å². The maximum absolute atomic E-state index is 12.3. The lowest BCUT2D eigenvalue weighted by Gasteiger charge is -2.19. The van der Waals surface area contributed by atoms with Crippen LogP contribution in [-0.2, 0) is 19.5 Å². The van der Waals surface area contributed by atoms with Crippen LogP contribution in [-0.4, -0.2) is 42.9 Å². The molecular formula is C14H23N7O2. The number of hydrogen-bond donors (Lipinski definition) is 1. The molecule has 9 heteroatoms. The van der Waals surface area contributed by atoms with Crippen LogP contribution in [0.2, 0.25) is 0 Å². The number of nitrogens with zero attached hydrogens (tertiary/aromatic N) is 6. The SMILES string of the molecule is CCCc1noc(CN(C)C(=O)N[C@H](C)c2ncnn2CC)n1. The number of rotatable bonds is 7. The summed E-state index contributed by atoms with van der Waals surface area (Å²) < 4.78 is 6.89. The first-order chi connectivity index (χ1) is 11.0. The van der Waals surface area contributed by atoms with Crippen molar-refractivity contribution in [1.82, 2.24) is 35.1 Å². The molecule has 0 aromatic carbocycles. The molecule has 23 heavy (non-hydrogen) atoms. The first-order valence-electron chi connectivity index (χ1n) is 7.75. The van der Waals surface area contributed by atoms with Crippen molar-refractivity contribution < 1.29 is 9.32 Å². The van der Waals surface area contributed by atoms with E-state index in [9.17, 15) is 4.79 Å². The molecule has 0 saturated heterocycles. The number of nitrogens with one attached hydrogen (secondary N) is 1. The van der Waals surface area contributed by atoms with Gasteiger partial charge in [-0.3, -0.25) is 0 Å². The number of amides is 2. The van der Waals surface area contributed by atoms with Crippen LogP contribution in [0.3, 0.4) is 0 Å². The Balaban J connectivity index is 1.91. The van der Waals surface area contributed by atoms with Crippen molar-refractivity contribution in [2.45, 2.75) is 52.7 Å². The zero-order valence-corrected chi connectivity index (χ0v) is 14.0. The van der Waals surface area contributed by atoms with Gasteiger partial charge in [-0.2, -0.15) is 10.1 Å². The van der Waals surface area contributed by atoms with E-state index in [1.54, 1.807) is 11.7 Å². The van der Waals surface area contributed by atoms with Crippen molar-refractivity contribution in [3.8, 4) is 0 Å². The molecule has 0 saturated carbocycles. The van der Waals surface area contributed by atoms with Crippen LogP contribution in [0.25, 0.3) is 0 Å². The molecule has 2 amide bonds. The molecule has 0 bridgehead atoms. The quantitative estimate of drug-likeness (QED) is 0.830. The number of aromatic nitrogens is 5. The summed E-state index contributed by atoms with van der Waals surface area (Å²) >= 11 is 0. The number of carbonyl (C=O) groups is 1. The van der Waals surface area contributed by atoms with E-state index in [2.05, 4.69) is 25.5 Å². The van der Waals surface area contributed by atoms with Crippen LogP contribution >= 0.6 is 0 Å². The Bertz CT molecular complexity index is 637. The minimum absolute atomic E-state index is 0.238. The predicted molar refractivity (Wildman–Crippen MR) is 82.4 cm³/mol. The van der Waals surface area contributed by atoms with Gasteiger partial charge >= 0.3 is 6.03 Å². The van der Waals surface area contributed by atoms with Gasteiger partial charge < -0.3 is 14.7 Å². The van der Waals surface area contributed by atoms with E-state index >= 15 is 0 Å². The molecule has 9 nitrogen and oxygen atoms in total. The monoisotopic (exact) mass is 321 g/mol. The molecule has 0 aliphatic carbocycles. The second-order valence-corrected chi connectivity index (χ2v) is 5.32. The number of hydrogen-bond acceptors (Lipinski definition) is 6. The lowest BCUT2D eigenvalue weighted by Crippen LogP contribution is -2.39. The molecule has 0 fully saturated rings. The normalized spacial score (nSPS) is 12.2. The predicted octanol–water partition coefficient (Wildman–Crippen LogP) is 1.54. The Morgan fingerprint density at radius 1 is 1.48 bits per heavy atom. The molecule has 2 rings (SSSR count). The fourth-order valence-corrected chi connectivity index (χ4v) is 2.17. The van der Waals surface area contributed by atoms with Crippen molar-refractivity contribution in [2.24, 2.45) is 0 Å². The Morgan fingerprint density at radius 2 is 2.26 bits per heavy atom. The van der Waals surface area contributed by atoms with Crippen molar-refractivity contribution >= 4 is 6.03 Å². The average molecular weight is 321 g/mol. The highest BCUT2D eigenvalue weighted by atomic mass is 16.5. The highest BCUT2D eigenvalue weighted by Crippen LogP contribution is 2.10. The molecule has 1 N–H and O–H groups in total. The van der Waals surface area contributed by atoms with Gasteiger partial charge in [-0.25, -0.2) is 14.5 Å². The maximum atomic E-state index is 12.3. The molecule has 2 aromatic heterocycles. The third kappa shape index (κ3) is 4.27. The molecule has 0 radical (unpaired) electrons. The summed E-state index contributed by atoms with van der Waals surface area (Å²) in [5.74, 6) is 1.81. The van der Waals surface area contributed by atoms with Gasteiger partial charge in [-0.05, 0) is 20.3 Å². The highest BCUT2D eigenvalue weighted by molar-refractivity contribution is 5.74.